The van der Waals surface area contributed by atoms with Crippen LogP contribution in [-0.4, -0.2) is 49.6 Å². The molecule has 1 atom stereocenters. The lowest BCUT2D eigenvalue weighted by atomic mass is 10.1. The van der Waals surface area contributed by atoms with Gasteiger partial charge < -0.3 is 9.64 Å². The molecule has 0 aromatic carbocycles. The minimum absolute atomic E-state index is 0.0830. The second-order valence-electron chi connectivity index (χ2n) is 3.76. The Morgan fingerprint density at radius 2 is 2.13 bits per heavy atom. The third-order valence-electron chi connectivity index (χ3n) is 2.32. The average molecular weight is 233 g/mol. The Kier molecular flexibility index (Phi) is 8.91. The van der Waals surface area contributed by atoms with Gasteiger partial charge in [-0.1, -0.05) is 0 Å². The van der Waals surface area contributed by atoms with E-state index in [4.69, 9.17) is 4.74 Å². The molecule has 3 nitrogen and oxygen atoms in total. The molecule has 0 N–H and O–H groups in total. The molecule has 0 saturated heterocycles. The smallest absolute Gasteiger partial charge is 0.307 e. The van der Waals surface area contributed by atoms with Gasteiger partial charge in [-0.3, -0.25) is 4.79 Å². The molecule has 0 bridgehead atoms. The van der Waals surface area contributed by atoms with E-state index >= 15 is 0 Å². The van der Waals surface area contributed by atoms with Gasteiger partial charge in [-0.2, -0.15) is 11.8 Å². The van der Waals surface area contributed by atoms with Crippen LogP contribution < -0.4 is 0 Å². The molecular weight excluding hydrogens is 210 g/mol. The van der Waals surface area contributed by atoms with Gasteiger partial charge in [-0.15, -0.1) is 0 Å². The maximum absolute atomic E-state index is 11.3. The summed E-state index contributed by atoms with van der Waals surface area (Å²) >= 11 is 1.85. The predicted octanol–water partition coefficient (Wildman–Crippen LogP) is 2.01. The fraction of sp³-hybridized carbons (Fsp3) is 0.909. The van der Waals surface area contributed by atoms with Crippen LogP contribution in [-0.2, 0) is 9.53 Å². The minimum atomic E-state index is -0.0830. The Hall–Kier alpha value is -0.220. The molecule has 4 heteroatoms. The van der Waals surface area contributed by atoms with Crippen LogP contribution in [0, 0.1) is 0 Å². The van der Waals surface area contributed by atoms with E-state index in [2.05, 4.69) is 11.2 Å². The summed E-state index contributed by atoms with van der Waals surface area (Å²) in [6.07, 6.45) is 4.83. The SMILES string of the molecule is CCOC(=O)CC(CCCSC)N(C)C. The third-order valence-corrected chi connectivity index (χ3v) is 3.02. The van der Waals surface area contributed by atoms with E-state index in [0.717, 1.165) is 18.6 Å². The monoisotopic (exact) mass is 233 g/mol. The largest absolute Gasteiger partial charge is 0.466 e. The number of esters is 1. The van der Waals surface area contributed by atoms with Crippen molar-refractivity contribution in [1.29, 1.82) is 0 Å². The zero-order valence-electron chi connectivity index (χ0n) is 10.3. The van der Waals surface area contributed by atoms with Crippen LogP contribution >= 0.6 is 11.8 Å². The maximum Gasteiger partial charge on any atom is 0.307 e. The van der Waals surface area contributed by atoms with Crippen molar-refractivity contribution in [3.63, 3.8) is 0 Å². The lowest BCUT2D eigenvalue weighted by Crippen LogP contribution is -2.31. The molecule has 0 heterocycles. The Morgan fingerprint density at radius 1 is 1.47 bits per heavy atom. The van der Waals surface area contributed by atoms with Crippen molar-refractivity contribution >= 4 is 17.7 Å². The molecule has 0 spiro atoms. The number of hydrogen-bond acceptors (Lipinski definition) is 4. The van der Waals surface area contributed by atoms with Gasteiger partial charge in [0.2, 0.25) is 0 Å². The summed E-state index contributed by atoms with van der Waals surface area (Å²) in [5.41, 5.74) is 0. The molecule has 1 unspecified atom stereocenters. The van der Waals surface area contributed by atoms with Crippen molar-refractivity contribution in [1.82, 2.24) is 4.90 Å². The number of rotatable bonds is 8. The Balaban J connectivity index is 3.87. The van der Waals surface area contributed by atoms with Crippen LogP contribution in [0.1, 0.15) is 26.2 Å². The van der Waals surface area contributed by atoms with Crippen molar-refractivity contribution in [2.24, 2.45) is 0 Å². The Labute approximate surface area is 97.5 Å². The number of thioether (sulfide) groups is 1. The summed E-state index contributed by atoms with van der Waals surface area (Å²) in [5, 5.41) is 0. The summed E-state index contributed by atoms with van der Waals surface area (Å²) in [6.45, 7) is 2.32. The fourth-order valence-corrected chi connectivity index (χ4v) is 1.87. The van der Waals surface area contributed by atoms with E-state index in [-0.39, 0.29) is 5.97 Å². The first-order valence-electron chi connectivity index (χ1n) is 5.42. The van der Waals surface area contributed by atoms with Gasteiger partial charge in [0.05, 0.1) is 13.0 Å². The van der Waals surface area contributed by atoms with Gasteiger partial charge in [0, 0.05) is 6.04 Å². The highest BCUT2D eigenvalue weighted by Crippen LogP contribution is 2.11. The first-order valence-corrected chi connectivity index (χ1v) is 6.82. The summed E-state index contributed by atoms with van der Waals surface area (Å²) in [6, 6.07) is 0.316. The molecule has 0 aliphatic heterocycles. The normalized spacial score (nSPS) is 12.9. The molecule has 0 fully saturated rings. The zero-order chi connectivity index (χ0) is 11.7. The van der Waals surface area contributed by atoms with Crippen LogP contribution in [0.25, 0.3) is 0 Å². The highest BCUT2D eigenvalue weighted by molar-refractivity contribution is 7.98. The van der Waals surface area contributed by atoms with Crippen LogP contribution in [0.2, 0.25) is 0 Å². The van der Waals surface area contributed by atoms with E-state index in [1.165, 1.54) is 0 Å². The summed E-state index contributed by atoms with van der Waals surface area (Å²) < 4.78 is 4.96. The number of carbonyl (C=O) groups excluding carboxylic acids is 1. The van der Waals surface area contributed by atoms with Gasteiger partial charge >= 0.3 is 5.97 Å². The summed E-state index contributed by atoms with van der Waals surface area (Å²) in [5.74, 6) is 1.08. The van der Waals surface area contributed by atoms with E-state index < -0.39 is 0 Å². The fourth-order valence-electron chi connectivity index (χ4n) is 1.42. The van der Waals surface area contributed by atoms with Gasteiger partial charge in [0.1, 0.15) is 0 Å². The van der Waals surface area contributed by atoms with E-state index in [9.17, 15) is 4.79 Å². The maximum atomic E-state index is 11.3. The highest BCUT2D eigenvalue weighted by Gasteiger charge is 2.16. The molecular formula is C11H23NO2S. The molecule has 90 valence electrons. The molecule has 0 saturated carbocycles. The van der Waals surface area contributed by atoms with Crippen LogP contribution in [0.3, 0.4) is 0 Å². The lowest BCUT2D eigenvalue weighted by molar-refractivity contribution is -0.144. The topological polar surface area (TPSA) is 29.5 Å². The van der Waals surface area contributed by atoms with E-state index in [1.807, 2.05) is 32.8 Å². The van der Waals surface area contributed by atoms with Crippen molar-refractivity contribution in [2.75, 3.05) is 32.7 Å². The first-order chi connectivity index (χ1) is 7.11. The van der Waals surface area contributed by atoms with Crippen molar-refractivity contribution < 1.29 is 9.53 Å². The van der Waals surface area contributed by atoms with Gasteiger partial charge in [0.15, 0.2) is 0 Å². The van der Waals surface area contributed by atoms with Crippen LogP contribution in [0.4, 0.5) is 0 Å². The number of hydrogen-bond donors (Lipinski definition) is 0. The van der Waals surface area contributed by atoms with Crippen molar-refractivity contribution in [3.8, 4) is 0 Å². The molecule has 0 radical (unpaired) electrons. The van der Waals surface area contributed by atoms with Gasteiger partial charge in [-0.05, 0) is 45.9 Å². The molecule has 0 rings (SSSR count). The lowest BCUT2D eigenvalue weighted by Gasteiger charge is -2.23. The Morgan fingerprint density at radius 3 is 2.60 bits per heavy atom. The Bertz CT molecular complexity index is 174. The second kappa shape index (κ2) is 9.04. The summed E-state index contributed by atoms with van der Waals surface area (Å²) in [7, 11) is 4.03. The zero-order valence-corrected chi connectivity index (χ0v) is 11.1. The van der Waals surface area contributed by atoms with Crippen LogP contribution in [0.5, 0.6) is 0 Å². The second-order valence-corrected chi connectivity index (χ2v) is 4.75. The minimum Gasteiger partial charge on any atom is -0.466 e. The highest BCUT2D eigenvalue weighted by atomic mass is 32.2. The van der Waals surface area contributed by atoms with Gasteiger partial charge in [-0.25, -0.2) is 0 Å². The van der Waals surface area contributed by atoms with E-state index in [1.54, 1.807) is 0 Å². The van der Waals surface area contributed by atoms with Gasteiger partial charge in [0.25, 0.3) is 0 Å². The average Bonchev–Trinajstić information content (AvgIpc) is 2.16. The molecule has 0 aromatic heterocycles. The molecule has 0 aromatic rings. The van der Waals surface area contributed by atoms with Crippen molar-refractivity contribution in [3.05, 3.63) is 0 Å². The first kappa shape index (κ1) is 14.8. The standard InChI is InChI=1S/C11H23NO2S/c1-5-14-11(13)9-10(12(2)3)7-6-8-15-4/h10H,5-9H2,1-4H3. The van der Waals surface area contributed by atoms with E-state index in [0.29, 0.717) is 19.1 Å². The predicted molar refractivity (Wildman–Crippen MR) is 66.3 cm³/mol. The quantitative estimate of drug-likeness (QED) is 0.474. The van der Waals surface area contributed by atoms with Crippen LogP contribution in [0.15, 0.2) is 0 Å². The third kappa shape index (κ3) is 7.68. The summed E-state index contributed by atoms with van der Waals surface area (Å²) in [4.78, 5) is 13.4. The number of nitrogens with zero attached hydrogens (tertiary/aromatic N) is 1. The van der Waals surface area contributed by atoms with Crippen molar-refractivity contribution in [2.45, 2.75) is 32.2 Å². The molecule has 15 heavy (non-hydrogen) atoms. The molecule has 0 aliphatic carbocycles. The number of ether oxygens (including phenoxy) is 1. The molecule has 0 aliphatic rings. The number of carbonyl (C=O) groups is 1. The molecule has 0 amide bonds.